The van der Waals surface area contributed by atoms with Crippen LogP contribution >= 0.6 is 0 Å². The fraction of sp³-hybridized carbons (Fsp3) is 0.455. The predicted octanol–water partition coefficient (Wildman–Crippen LogP) is 5.61. The van der Waals surface area contributed by atoms with Crippen molar-refractivity contribution in [3.63, 3.8) is 0 Å². The standard InChI is InChI=1S/C33H41N5O4/c1-18(2)42-27-15-14-26(22(6)23(27)7)38-31-29(30(35-38)32(40)34-8)20(4)17-36(33(31)41)25-13-12-24(16-19(25)3)37-21(5)10-9-11-28(37)39/h12-16,18,20-21H,9-11,17H2,1-8H3,(H,34,40)/i11D2. The van der Waals surface area contributed by atoms with Crippen LogP contribution in [0.4, 0.5) is 11.4 Å². The summed E-state index contributed by atoms with van der Waals surface area (Å²) in [5, 5.41) is 7.39. The first-order valence-corrected chi connectivity index (χ1v) is 14.6. The molecule has 1 fully saturated rings. The summed E-state index contributed by atoms with van der Waals surface area (Å²) in [6.45, 7) is 14.0. The maximum absolute atomic E-state index is 14.4. The van der Waals surface area contributed by atoms with Gasteiger partial charge in [-0.05, 0) is 101 Å². The molecule has 222 valence electrons. The largest absolute Gasteiger partial charge is 0.491 e. The molecule has 1 saturated heterocycles. The second-order valence-electron chi connectivity index (χ2n) is 11.6. The van der Waals surface area contributed by atoms with E-state index in [4.69, 9.17) is 12.6 Å². The van der Waals surface area contributed by atoms with Gasteiger partial charge in [-0.15, -0.1) is 0 Å². The zero-order valence-corrected chi connectivity index (χ0v) is 25.7. The van der Waals surface area contributed by atoms with Gasteiger partial charge >= 0.3 is 0 Å². The molecule has 0 aliphatic carbocycles. The maximum atomic E-state index is 14.4. The lowest BCUT2D eigenvalue weighted by atomic mass is 9.92. The number of benzene rings is 2. The van der Waals surface area contributed by atoms with E-state index in [1.54, 1.807) is 22.7 Å². The highest BCUT2D eigenvalue weighted by Gasteiger charge is 2.39. The quantitative estimate of drug-likeness (QED) is 0.413. The molecule has 0 radical (unpaired) electrons. The van der Waals surface area contributed by atoms with Crippen molar-refractivity contribution >= 4 is 29.1 Å². The van der Waals surface area contributed by atoms with Crippen molar-refractivity contribution in [2.45, 2.75) is 85.7 Å². The van der Waals surface area contributed by atoms with E-state index in [0.717, 1.165) is 22.4 Å². The van der Waals surface area contributed by atoms with E-state index >= 15 is 0 Å². The molecule has 1 N–H and O–H groups in total. The van der Waals surface area contributed by atoms with Crippen LogP contribution in [0.2, 0.25) is 0 Å². The van der Waals surface area contributed by atoms with Gasteiger partial charge in [-0.1, -0.05) is 6.92 Å². The molecule has 2 aromatic carbocycles. The zero-order chi connectivity index (χ0) is 32.2. The number of rotatable bonds is 6. The van der Waals surface area contributed by atoms with Crippen LogP contribution in [-0.2, 0) is 4.79 Å². The molecule has 0 bridgehead atoms. The number of amides is 3. The van der Waals surface area contributed by atoms with E-state index < -0.39 is 12.3 Å². The van der Waals surface area contributed by atoms with Crippen molar-refractivity contribution in [3.8, 4) is 11.4 Å². The number of hydrogen-bond donors (Lipinski definition) is 1. The Labute approximate surface area is 250 Å². The lowest BCUT2D eigenvalue weighted by Gasteiger charge is -2.35. The van der Waals surface area contributed by atoms with E-state index in [9.17, 15) is 14.4 Å². The first-order valence-electron chi connectivity index (χ1n) is 15.6. The molecule has 2 unspecified atom stereocenters. The van der Waals surface area contributed by atoms with Gasteiger partial charge in [0, 0.05) is 51.6 Å². The van der Waals surface area contributed by atoms with Crippen LogP contribution in [0, 0.1) is 20.8 Å². The Morgan fingerprint density at radius 3 is 2.48 bits per heavy atom. The minimum absolute atomic E-state index is 0.000357. The van der Waals surface area contributed by atoms with Crippen LogP contribution in [0.15, 0.2) is 30.3 Å². The molecule has 3 aromatic rings. The van der Waals surface area contributed by atoms with Crippen molar-refractivity contribution in [1.82, 2.24) is 15.1 Å². The second kappa shape index (κ2) is 11.3. The topological polar surface area (TPSA) is 96.8 Å². The molecule has 0 spiro atoms. The lowest BCUT2D eigenvalue weighted by molar-refractivity contribution is -0.120. The Morgan fingerprint density at radius 2 is 1.81 bits per heavy atom. The van der Waals surface area contributed by atoms with Crippen molar-refractivity contribution in [3.05, 3.63) is 64.0 Å². The molecule has 3 heterocycles. The van der Waals surface area contributed by atoms with Crippen LogP contribution in [-0.4, -0.2) is 53.2 Å². The van der Waals surface area contributed by atoms with Crippen molar-refractivity contribution < 1.29 is 21.9 Å². The van der Waals surface area contributed by atoms with Crippen LogP contribution in [0.25, 0.3) is 5.69 Å². The fourth-order valence-electron chi connectivity index (χ4n) is 6.01. The van der Waals surface area contributed by atoms with E-state index in [1.165, 1.54) is 4.90 Å². The van der Waals surface area contributed by atoms with Gasteiger partial charge in [0.25, 0.3) is 11.8 Å². The number of carbonyl (C=O) groups is 3. The number of hydrogen-bond acceptors (Lipinski definition) is 5. The summed E-state index contributed by atoms with van der Waals surface area (Å²) in [7, 11) is 1.55. The third kappa shape index (κ3) is 4.95. The van der Waals surface area contributed by atoms with Crippen molar-refractivity contribution in [2.75, 3.05) is 23.4 Å². The average Bonchev–Trinajstić information content (AvgIpc) is 3.37. The zero-order valence-electron chi connectivity index (χ0n) is 27.7. The van der Waals surface area contributed by atoms with Crippen LogP contribution in [0.3, 0.4) is 0 Å². The van der Waals surface area contributed by atoms with Crippen molar-refractivity contribution in [2.24, 2.45) is 0 Å². The van der Waals surface area contributed by atoms with Gasteiger partial charge in [0.05, 0.1) is 11.8 Å². The number of ether oxygens (including phenoxy) is 1. The number of nitrogens with zero attached hydrogens (tertiary/aromatic N) is 4. The number of piperidine rings is 1. The highest BCUT2D eigenvalue weighted by Crippen LogP contribution is 2.39. The first kappa shape index (κ1) is 26.7. The highest BCUT2D eigenvalue weighted by atomic mass is 16.5. The fourth-order valence-corrected chi connectivity index (χ4v) is 6.01. The third-order valence-corrected chi connectivity index (χ3v) is 8.31. The summed E-state index contributed by atoms with van der Waals surface area (Å²) in [5.41, 5.74) is 5.72. The Balaban J connectivity index is 1.60. The van der Waals surface area contributed by atoms with E-state index in [2.05, 4.69) is 5.32 Å². The molecule has 3 amide bonds. The molecule has 0 saturated carbocycles. The Bertz CT molecular complexity index is 1660. The molecule has 9 heteroatoms. The van der Waals surface area contributed by atoms with Crippen LogP contribution in [0.1, 0.15) is 98.8 Å². The molecule has 1 aromatic heterocycles. The second-order valence-corrected chi connectivity index (χ2v) is 11.6. The number of fused-ring (bicyclic) bond motifs is 1. The smallest absolute Gasteiger partial charge is 0.277 e. The van der Waals surface area contributed by atoms with Gasteiger partial charge in [0.1, 0.15) is 11.4 Å². The van der Waals surface area contributed by atoms with Gasteiger partial charge in [-0.2, -0.15) is 5.10 Å². The number of nitrogens with one attached hydrogen (secondary N) is 1. The van der Waals surface area contributed by atoms with Crippen LogP contribution in [0.5, 0.6) is 5.75 Å². The van der Waals surface area contributed by atoms with Gasteiger partial charge in [0.2, 0.25) is 5.91 Å². The molecular formula is C33H41N5O4. The number of carbonyl (C=O) groups excluding carboxylic acids is 3. The highest BCUT2D eigenvalue weighted by molar-refractivity contribution is 6.10. The normalized spacial score (nSPS) is 20.8. The number of aromatic nitrogens is 2. The molecule has 2 aliphatic heterocycles. The van der Waals surface area contributed by atoms with Gasteiger partial charge < -0.3 is 19.9 Å². The summed E-state index contributed by atoms with van der Waals surface area (Å²) < 4.78 is 23.9. The molecule has 5 rings (SSSR count). The Hall–Kier alpha value is -4.14. The number of aryl methyl sites for hydroxylation is 1. The lowest BCUT2D eigenvalue weighted by Crippen LogP contribution is -2.42. The summed E-state index contributed by atoms with van der Waals surface area (Å²) in [6.07, 6.45) is -1.16. The number of anilines is 2. The minimum atomic E-state index is -1.91. The molecule has 42 heavy (non-hydrogen) atoms. The Kier molecular flexibility index (Phi) is 7.17. The summed E-state index contributed by atoms with van der Waals surface area (Å²) >= 11 is 0. The van der Waals surface area contributed by atoms with E-state index in [0.29, 0.717) is 41.3 Å². The van der Waals surface area contributed by atoms with Gasteiger partial charge in [0.15, 0.2) is 5.69 Å². The summed E-state index contributed by atoms with van der Waals surface area (Å²) in [4.78, 5) is 43.7. The predicted molar refractivity (Wildman–Crippen MR) is 164 cm³/mol. The SMILES string of the molecule is [2H]C1([2H])CCC(C)N(c2ccc(N3CC(C)c4c(C(=O)NC)nn(-c5ccc(OC(C)C)c(C)c5C)c4C3=O)c(C)c2)C1=O. The molecular weight excluding hydrogens is 530 g/mol. The maximum Gasteiger partial charge on any atom is 0.277 e. The Morgan fingerprint density at radius 1 is 1.10 bits per heavy atom. The van der Waals surface area contributed by atoms with Gasteiger partial charge in [-0.25, -0.2) is 4.68 Å². The monoisotopic (exact) mass is 573 g/mol. The van der Waals surface area contributed by atoms with Crippen LogP contribution < -0.4 is 19.9 Å². The molecule has 2 atom stereocenters. The summed E-state index contributed by atoms with van der Waals surface area (Å²) in [6, 6.07) is 9.03. The van der Waals surface area contributed by atoms with E-state index in [1.807, 2.05) is 72.7 Å². The molecule has 2 aliphatic rings. The van der Waals surface area contributed by atoms with Gasteiger partial charge in [-0.3, -0.25) is 14.4 Å². The molecule has 9 nitrogen and oxygen atoms in total. The summed E-state index contributed by atoms with van der Waals surface area (Å²) in [5.74, 6) is -0.640. The average molecular weight is 574 g/mol. The minimum Gasteiger partial charge on any atom is -0.491 e. The third-order valence-electron chi connectivity index (χ3n) is 8.31. The van der Waals surface area contributed by atoms with Crippen molar-refractivity contribution in [1.29, 1.82) is 0 Å². The van der Waals surface area contributed by atoms with E-state index in [-0.39, 0.29) is 42.0 Å². The first-order chi connectivity index (χ1) is 20.7.